The summed E-state index contributed by atoms with van der Waals surface area (Å²) in [7, 11) is -1.84. The maximum atomic E-state index is 12.2. The molecule has 0 aliphatic carbocycles. The van der Waals surface area contributed by atoms with Crippen molar-refractivity contribution in [1.82, 2.24) is 10.2 Å². The maximum absolute atomic E-state index is 12.2. The van der Waals surface area contributed by atoms with E-state index in [-0.39, 0.29) is 5.22 Å². The molecule has 1 aliphatic rings. The highest BCUT2D eigenvalue weighted by Crippen LogP contribution is 2.43. The van der Waals surface area contributed by atoms with E-state index in [0.717, 1.165) is 17.3 Å². The van der Waals surface area contributed by atoms with E-state index in [9.17, 15) is 8.42 Å². The third-order valence-electron chi connectivity index (χ3n) is 3.64. The first kappa shape index (κ1) is 15.9. The summed E-state index contributed by atoms with van der Waals surface area (Å²) in [5, 5.41) is 9.54. The number of sulfone groups is 1. The number of hydrogen-bond acceptors (Lipinski definition) is 7. The van der Waals surface area contributed by atoms with E-state index < -0.39 is 9.84 Å². The minimum Gasteiger partial charge on any atom is -0.497 e. The van der Waals surface area contributed by atoms with E-state index in [1.807, 2.05) is 18.2 Å². The van der Waals surface area contributed by atoms with E-state index in [4.69, 9.17) is 9.15 Å². The van der Waals surface area contributed by atoms with Gasteiger partial charge in [0.2, 0.25) is 15.7 Å². The number of benzene rings is 2. The van der Waals surface area contributed by atoms with Crippen LogP contribution >= 0.6 is 11.8 Å². The average molecular weight is 372 g/mol. The Bertz CT molecular complexity index is 1090. The Kier molecular flexibility index (Phi) is 3.85. The number of fused-ring (bicyclic) bond motifs is 1. The molecule has 126 valence electrons. The van der Waals surface area contributed by atoms with Crippen molar-refractivity contribution >= 4 is 26.5 Å². The largest absolute Gasteiger partial charge is 0.497 e. The van der Waals surface area contributed by atoms with Crippen molar-refractivity contribution < 1.29 is 17.6 Å². The van der Waals surface area contributed by atoms with Crippen LogP contribution in [0.25, 0.3) is 16.4 Å². The van der Waals surface area contributed by atoms with Gasteiger partial charge in [0.15, 0.2) is 0 Å². The highest BCUT2D eigenvalue weighted by atomic mass is 32.2. The first-order chi connectivity index (χ1) is 12.1. The molecule has 1 aromatic heterocycles. The van der Waals surface area contributed by atoms with Crippen LogP contribution in [0.1, 0.15) is 5.56 Å². The fourth-order valence-corrected chi connectivity index (χ4v) is 5.09. The zero-order valence-corrected chi connectivity index (χ0v) is 14.7. The van der Waals surface area contributed by atoms with Crippen LogP contribution in [0, 0.1) is 0 Å². The lowest BCUT2D eigenvalue weighted by Gasteiger charge is -2.01. The van der Waals surface area contributed by atoms with Crippen molar-refractivity contribution in [2.45, 2.75) is 10.1 Å². The Labute approximate surface area is 148 Å². The number of methoxy groups -OCH3 is 1. The molecule has 0 saturated carbocycles. The first-order valence-corrected chi connectivity index (χ1v) is 9.65. The number of ether oxygens (including phenoxy) is 1. The van der Waals surface area contributed by atoms with Crippen LogP contribution < -0.4 is 4.74 Å². The predicted molar refractivity (Wildman–Crippen MR) is 93.7 cm³/mol. The summed E-state index contributed by atoms with van der Waals surface area (Å²) in [5.41, 5.74) is 1.38. The highest BCUT2D eigenvalue weighted by molar-refractivity contribution is 8.09. The zero-order valence-electron chi connectivity index (χ0n) is 13.0. The van der Waals surface area contributed by atoms with Gasteiger partial charge in [-0.2, -0.15) is 0 Å². The van der Waals surface area contributed by atoms with Crippen LogP contribution in [0.4, 0.5) is 0 Å². The second-order valence-corrected chi connectivity index (χ2v) is 7.99. The molecule has 0 N–H and O–H groups in total. The SMILES string of the molecule is COc1cccc(-c2nnc(SC3=CS(=O)(=O)c4ccccc43)o2)c1. The number of aromatic nitrogens is 2. The minimum atomic E-state index is -3.42. The van der Waals surface area contributed by atoms with Gasteiger partial charge in [-0.05, 0) is 36.0 Å². The lowest BCUT2D eigenvalue weighted by atomic mass is 10.2. The summed E-state index contributed by atoms with van der Waals surface area (Å²) < 4.78 is 35.2. The third kappa shape index (κ3) is 2.94. The van der Waals surface area contributed by atoms with Crippen LogP contribution in [0.5, 0.6) is 5.75 Å². The molecule has 0 unspecified atom stereocenters. The van der Waals surface area contributed by atoms with Gasteiger partial charge in [-0.25, -0.2) is 8.42 Å². The molecule has 1 aliphatic heterocycles. The van der Waals surface area contributed by atoms with Gasteiger partial charge in [0.1, 0.15) is 5.75 Å². The van der Waals surface area contributed by atoms with Gasteiger partial charge in [0.25, 0.3) is 5.22 Å². The molecular weight excluding hydrogens is 360 g/mol. The van der Waals surface area contributed by atoms with Crippen molar-refractivity contribution in [3.8, 4) is 17.2 Å². The van der Waals surface area contributed by atoms with Gasteiger partial charge in [-0.1, -0.05) is 24.3 Å². The molecule has 0 bridgehead atoms. The molecule has 2 heterocycles. The maximum Gasteiger partial charge on any atom is 0.281 e. The van der Waals surface area contributed by atoms with Crippen LogP contribution in [0.15, 0.2) is 68.5 Å². The summed E-state index contributed by atoms with van der Waals surface area (Å²) in [6.45, 7) is 0. The molecule has 2 aromatic carbocycles. The summed E-state index contributed by atoms with van der Waals surface area (Å²) >= 11 is 1.13. The minimum absolute atomic E-state index is 0.274. The van der Waals surface area contributed by atoms with Gasteiger partial charge >= 0.3 is 0 Å². The topological polar surface area (TPSA) is 82.3 Å². The molecule has 0 atom stereocenters. The standard InChI is InChI=1S/C17H12N2O4S2/c1-22-12-6-4-5-11(9-12)16-18-19-17(23-16)24-14-10-25(20,21)15-8-3-2-7-13(14)15/h2-10H,1H3. The summed E-state index contributed by atoms with van der Waals surface area (Å²) in [6.07, 6.45) is 0. The van der Waals surface area contributed by atoms with Gasteiger partial charge in [0.05, 0.1) is 17.4 Å². The Morgan fingerprint density at radius 2 is 1.92 bits per heavy atom. The number of rotatable bonds is 4. The van der Waals surface area contributed by atoms with Crippen molar-refractivity contribution in [3.05, 3.63) is 59.5 Å². The fourth-order valence-electron chi connectivity index (χ4n) is 2.48. The van der Waals surface area contributed by atoms with E-state index in [1.54, 1.807) is 37.4 Å². The lowest BCUT2D eigenvalue weighted by Crippen LogP contribution is -1.91. The van der Waals surface area contributed by atoms with E-state index in [1.165, 1.54) is 5.41 Å². The molecule has 8 heteroatoms. The smallest absolute Gasteiger partial charge is 0.281 e. The second kappa shape index (κ2) is 6.05. The number of nitrogens with zero attached hydrogens (tertiary/aromatic N) is 2. The molecule has 0 saturated heterocycles. The first-order valence-electron chi connectivity index (χ1n) is 7.29. The second-order valence-electron chi connectivity index (χ2n) is 5.23. The quantitative estimate of drug-likeness (QED) is 0.691. The third-order valence-corrected chi connectivity index (χ3v) is 6.20. The molecule has 3 aromatic rings. The van der Waals surface area contributed by atoms with Crippen molar-refractivity contribution in [1.29, 1.82) is 0 Å². The average Bonchev–Trinajstić information content (AvgIpc) is 3.19. The lowest BCUT2D eigenvalue weighted by molar-refractivity contribution is 0.414. The van der Waals surface area contributed by atoms with Gasteiger partial charge < -0.3 is 9.15 Å². The predicted octanol–water partition coefficient (Wildman–Crippen LogP) is 3.62. The number of thioether (sulfide) groups is 1. The fraction of sp³-hybridized carbons (Fsp3) is 0.0588. The molecule has 0 amide bonds. The molecule has 0 fully saturated rings. The molecule has 6 nitrogen and oxygen atoms in total. The Balaban J connectivity index is 1.64. The van der Waals surface area contributed by atoms with E-state index in [0.29, 0.717) is 27.0 Å². The van der Waals surface area contributed by atoms with Crippen LogP contribution in [-0.2, 0) is 9.84 Å². The Morgan fingerprint density at radius 1 is 1.08 bits per heavy atom. The number of hydrogen-bond donors (Lipinski definition) is 0. The summed E-state index contributed by atoms with van der Waals surface area (Å²) in [4.78, 5) is 0.862. The van der Waals surface area contributed by atoms with Crippen LogP contribution in [-0.4, -0.2) is 25.7 Å². The van der Waals surface area contributed by atoms with Crippen molar-refractivity contribution in [2.75, 3.05) is 7.11 Å². The Morgan fingerprint density at radius 3 is 2.76 bits per heavy atom. The zero-order chi connectivity index (χ0) is 17.4. The van der Waals surface area contributed by atoms with Gasteiger partial charge in [-0.3, -0.25) is 0 Å². The van der Waals surface area contributed by atoms with Crippen LogP contribution in [0.3, 0.4) is 0 Å². The highest BCUT2D eigenvalue weighted by Gasteiger charge is 2.28. The van der Waals surface area contributed by atoms with E-state index >= 15 is 0 Å². The molecule has 0 spiro atoms. The normalized spacial score (nSPS) is 14.8. The molecular formula is C17H12N2O4S2. The summed E-state index contributed by atoms with van der Waals surface area (Å²) in [6, 6.07) is 14.1. The summed E-state index contributed by atoms with van der Waals surface area (Å²) in [5.74, 6) is 1.03. The monoisotopic (exact) mass is 372 g/mol. The Hall–Kier alpha value is -2.58. The van der Waals surface area contributed by atoms with Gasteiger partial charge in [-0.15, -0.1) is 10.2 Å². The van der Waals surface area contributed by atoms with E-state index in [2.05, 4.69) is 10.2 Å². The molecule has 4 rings (SSSR count). The molecule has 25 heavy (non-hydrogen) atoms. The van der Waals surface area contributed by atoms with Crippen molar-refractivity contribution in [2.24, 2.45) is 0 Å². The molecule has 0 radical (unpaired) electrons. The van der Waals surface area contributed by atoms with Crippen LogP contribution in [0.2, 0.25) is 0 Å². The van der Waals surface area contributed by atoms with Gasteiger partial charge in [0, 0.05) is 16.0 Å². The van der Waals surface area contributed by atoms with Crippen molar-refractivity contribution in [3.63, 3.8) is 0 Å².